The van der Waals surface area contributed by atoms with Crippen molar-refractivity contribution in [2.24, 2.45) is 0 Å². The molecule has 1 N–H and O–H groups in total. The Labute approximate surface area is 252 Å². The third-order valence-corrected chi connectivity index (χ3v) is 11.2. The van der Waals surface area contributed by atoms with Crippen molar-refractivity contribution in [3.63, 3.8) is 0 Å². The van der Waals surface area contributed by atoms with Crippen molar-refractivity contribution in [1.82, 2.24) is 19.6 Å². The van der Waals surface area contributed by atoms with Gasteiger partial charge in [-0.1, -0.05) is 18.2 Å². The largest absolute Gasteiger partial charge is 0.497 e. The number of aryl methyl sites for hydroxylation is 2. The van der Waals surface area contributed by atoms with Crippen molar-refractivity contribution >= 4 is 27.4 Å². The smallest absolute Gasteiger partial charge is 0.318 e. The van der Waals surface area contributed by atoms with Gasteiger partial charge in [0.05, 0.1) is 24.7 Å². The predicted molar refractivity (Wildman–Crippen MR) is 163 cm³/mol. The topological polar surface area (TPSA) is 117 Å². The van der Waals surface area contributed by atoms with E-state index in [4.69, 9.17) is 9.47 Å². The molecule has 3 saturated heterocycles. The lowest BCUT2D eigenvalue weighted by atomic mass is 9.85. The number of carbonyl (C=O) groups is 1. The molecule has 0 aliphatic carbocycles. The van der Waals surface area contributed by atoms with Crippen LogP contribution < -0.4 is 24.6 Å². The fourth-order valence-electron chi connectivity index (χ4n) is 6.73. The zero-order valence-corrected chi connectivity index (χ0v) is 25.6. The van der Waals surface area contributed by atoms with Gasteiger partial charge in [-0.05, 0) is 81.0 Å². The molecule has 12 heteroatoms. The molecule has 6 rings (SSSR count). The van der Waals surface area contributed by atoms with Crippen molar-refractivity contribution in [3.05, 3.63) is 65.9 Å². The van der Waals surface area contributed by atoms with Crippen LogP contribution in [0.1, 0.15) is 36.8 Å². The van der Waals surface area contributed by atoms with Gasteiger partial charge in [-0.25, -0.2) is 13.4 Å². The average molecular weight is 607 g/mol. The molecule has 1 atom stereocenters. The van der Waals surface area contributed by atoms with Gasteiger partial charge in [0.1, 0.15) is 23.7 Å². The van der Waals surface area contributed by atoms with Crippen LogP contribution >= 0.6 is 0 Å². The standard InChI is InChI=1S/C31H38N6O5S/c1-22-18-26(41-3)19-23(2)28(22)43(39,40)37-15-7-10-25(37)20-42-30-32-14-11-27(34-30)35-16-12-31(13-17-35)29(38)33-21-36(31)24-8-5-4-6-9-24/h4-6,8-9,11,14,18-19,25H,7,10,12-13,15-17,20-21H2,1-3H3,(H,33,38)/t25-/m0/s1. The molecule has 11 nitrogen and oxygen atoms in total. The van der Waals surface area contributed by atoms with E-state index in [1.54, 1.807) is 43.6 Å². The number of amides is 1. The number of hydrogen-bond donors (Lipinski definition) is 1. The number of hydrogen-bond acceptors (Lipinski definition) is 9. The molecule has 0 radical (unpaired) electrons. The van der Waals surface area contributed by atoms with E-state index in [1.807, 2.05) is 36.4 Å². The molecule has 0 bridgehead atoms. The lowest BCUT2D eigenvalue weighted by Crippen LogP contribution is -2.56. The van der Waals surface area contributed by atoms with Gasteiger partial charge >= 0.3 is 6.01 Å². The highest BCUT2D eigenvalue weighted by atomic mass is 32.2. The molecule has 3 aliphatic rings. The highest BCUT2D eigenvalue weighted by Crippen LogP contribution is 2.37. The minimum absolute atomic E-state index is 0.0683. The maximum Gasteiger partial charge on any atom is 0.318 e. The number of piperidine rings is 1. The Kier molecular flexibility index (Phi) is 7.91. The molecular formula is C31H38N6O5S. The van der Waals surface area contributed by atoms with E-state index in [0.29, 0.717) is 67.3 Å². The fraction of sp³-hybridized carbons (Fsp3) is 0.452. The van der Waals surface area contributed by atoms with Gasteiger partial charge in [-0.15, -0.1) is 0 Å². The Balaban J connectivity index is 1.12. The molecule has 3 aromatic rings. The van der Waals surface area contributed by atoms with Crippen LogP contribution in [-0.2, 0) is 14.8 Å². The molecule has 3 fully saturated rings. The van der Waals surface area contributed by atoms with Crippen LogP contribution in [0.3, 0.4) is 0 Å². The maximum atomic E-state index is 13.8. The third kappa shape index (κ3) is 5.38. The summed E-state index contributed by atoms with van der Waals surface area (Å²) in [5, 5.41) is 3.04. The van der Waals surface area contributed by atoms with Crippen LogP contribution in [0.5, 0.6) is 11.8 Å². The van der Waals surface area contributed by atoms with Crippen LogP contribution in [-0.4, -0.2) is 80.2 Å². The lowest BCUT2D eigenvalue weighted by molar-refractivity contribution is -0.124. The van der Waals surface area contributed by atoms with Crippen LogP contribution in [0.15, 0.2) is 59.6 Å². The summed E-state index contributed by atoms with van der Waals surface area (Å²) in [7, 11) is -2.16. The zero-order chi connectivity index (χ0) is 30.2. The summed E-state index contributed by atoms with van der Waals surface area (Å²) in [6.07, 6.45) is 4.43. The first-order valence-electron chi connectivity index (χ1n) is 14.7. The number of nitrogens with zero attached hydrogens (tertiary/aromatic N) is 5. The van der Waals surface area contributed by atoms with Crippen LogP contribution in [0, 0.1) is 13.8 Å². The molecule has 1 aromatic heterocycles. The molecule has 1 amide bonds. The summed E-state index contributed by atoms with van der Waals surface area (Å²) >= 11 is 0. The SMILES string of the molecule is COc1cc(C)c(S(=O)(=O)N2CCC[C@H]2COc2nccc(N3CCC4(CC3)C(=O)NCN4c3ccccc3)n2)c(C)c1. The van der Waals surface area contributed by atoms with E-state index < -0.39 is 15.6 Å². The number of nitrogens with one attached hydrogen (secondary N) is 1. The van der Waals surface area contributed by atoms with E-state index in [0.717, 1.165) is 17.9 Å². The average Bonchev–Trinajstić information content (AvgIpc) is 3.62. The fourth-order valence-corrected chi connectivity index (χ4v) is 8.83. The van der Waals surface area contributed by atoms with Crippen LogP contribution in [0.2, 0.25) is 0 Å². The molecule has 2 aromatic carbocycles. The van der Waals surface area contributed by atoms with E-state index in [-0.39, 0.29) is 24.6 Å². The normalized spacial score (nSPS) is 20.4. The van der Waals surface area contributed by atoms with Gasteiger partial charge in [-0.3, -0.25) is 4.79 Å². The second-order valence-electron chi connectivity index (χ2n) is 11.5. The number of methoxy groups -OCH3 is 1. The van der Waals surface area contributed by atoms with E-state index in [9.17, 15) is 13.2 Å². The summed E-state index contributed by atoms with van der Waals surface area (Å²) in [6.45, 7) is 6.00. The summed E-state index contributed by atoms with van der Waals surface area (Å²) in [5.41, 5.74) is 1.77. The second-order valence-corrected chi connectivity index (χ2v) is 13.3. The van der Waals surface area contributed by atoms with Gasteiger partial charge in [0.2, 0.25) is 15.9 Å². The van der Waals surface area contributed by atoms with Crippen LogP contribution in [0.4, 0.5) is 11.5 Å². The van der Waals surface area contributed by atoms with Crippen molar-refractivity contribution < 1.29 is 22.7 Å². The monoisotopic (exact) mass is 606 g/mol. The van der Waals surface area contributed by atoms with E-state index >= 15 is 0 Å². The molecule has 0 saturated carbocycles. The van der Waals surface area contributed by atoms with Gasteiger partial charge in [0, 0.05) is 31.5 Å². The number of rotatable bonds is 8. The highest BCUT2D eigenvalue weighted by Gasteiger charge is 2.50. The lowest BCUT2D eigenvalue weighted by Gasteiger charge is -2.43. The number of sulfonamides is 1. The number of carbonyl (C=O) groups excluding carboxylic acids is 1. The summed E-state index contributed by atoms with van der Waals surface area (Å²) < 4.78 is 40.4. The van der Waals surface area contributed by atoms with Crippen molar-refractivity contribution in [3.8, 4) is 11.8 Å². The quantitative estimate of drug-likeness (QED) is 0.412. The molecule has 228 valence electrons. The second kappa shape index (κ2) is 11.6. The summed E-state index contributed by atoms with van der Waals surface area (Å²) in [4.78, 5) is 26.6. The zero-order valence-electron chi connectivity index (χ0n) is 24.8. The highest BCUT2D eigenvalue weighted by molar-refractivity contribution is 7.89. The molecule has 4 heterocycles. The maximum absolute atomic E-state index is 13.8. The number of aromatic nitrogens is 2. The minimum atomic E-state index is -3.73. The van der Waals surface area contributed by atoms with Crippen molar-refractivity contribution in [1.29, 1.82) is 0 Å². The van der Waals surface area contributed by atoms with Gasteiger partial charge in [0.25, 0.3) is 0 Å². The molecule has 3 aliphatic heterocycles. The number of ether oxygens (including phenoxy) is 2. The Morgan fingerprint density at radius 3 is 2.47 bits per heavy atom. The minimum Gasteiger partial charge on any atom is -0.497 e. The van der Waals surface area contributed by atoms with Crippen LogP contribution in [0.25, 0.3) is 0 Å². The van der Waals surface area contributed by atoms with Gasteiger partial charge in [-0.2, -0.15) is 9.29 Å². The van der Waals surface area contributed by atoms with Gasteiger partial charge in [0.15, 0.2) is 0 Å². The van der Waals surface area contributed by atoms with Crippen molar-refractivity contribution in [2.45, 2.75) is 56.0 Å². The van der Waals surface area contributed by atoms with Crippen molar-refractivity contribution in [2.75, 3.05) is 49.8 Å². The number of anilines is 2. The first-order chi connectivity index (χ1) is 20.7. The Morgan fingerprint density at radius 2 is 1.77 bits per heavy atom. The summed E-state index contributed by atoms with van der Waals surface area (Å²) in [5.74, 6) is 1.43. The van der Waals surface area contributed by atoms with E-state index in [1.165, 1.54) is 0 Å². The molecule has 1 spiro atoms. The Morgan fingerprint density at radius 1 is 1.05 bits per heavy atom. The molecule has 43 heavy (non-hydrogen) atoms. The Bertz CT molecular complexity index is 1570. The first-order valence-corrected chi connectivity index (χ1v) is 16.2. The predicted octanol–water partition coefficient (Wildman–Crippen LogP) is 3.27. The van der Waals surface area contributed by atoms with E-state index in [2.05, 4.69) is 25.1 Å². The summed E-state index contributed by atoms with van der Waals surface area (Å²) in [6, 6.07) is 15.3. The molecule has 0 unspecified atom stereocenters. The third-order valence-electron chi connectivity index (χ3n) is 8.90. The number of benzene rings is 2. The Hall–Kier alpha value is -3.90. The molecular weight excluding hydrogens is 568 g/mol. The number of para-hydroxylation sites is 1. The first kappa shape index (κ1) is 29.2. The van der Waals surface area contributed by atoms with Gasteiger partial charge < -0.3 is 24.6 Å².